The second-order valence-electron chi connectivity index (χ2n) is 4.59. The molecule has 0 unspecified atom stereocenters. The molecule has 0 aromatic rings. The van der Waals surface area contributed by atoms with Gasteiger partial charge in [-0.1, -0.05) is 12.2 Å². The van der Waals surface area contributed by atoms with E-state index >= 15 is 0 Å². The zero-order chi connectivity index (χ0) is 9.64. The van der Waals surface area contributed by atoms with Crippen molar-refractivity contribution in [2.45, 2.75) is 38.6 Å². The van der Waals surface area contributed by atoms with Crippen LogP contribution in [0, 0.1) is 5.92 Å². The van der Waals surface area contributed by atoms with Crippen LogP contribution in [-0.4, -0.2) is 22.9 Å². The lowest BCUT2D eigenvalue weighted by Crippen LogP contribution is -2.41. The molecule has 1 amide bonds. The summed E-state index contributed by atoms with van der Waals surface area (Å²) in [5.74, 6) is 0.866. The zero-order valence-corrected chi connectivity index (χ0v) is 8.47. The average molecular weight is 179 g/mol. The number of carbonyl (C=O) groups is 1. The predicted octanol–water partition coefficient (Wildman–Crippen LogP) is 1.96. The minimum absolute atomic E-state index is 0.100. The zero-order valence-electron chi connectivity index (χ0n) is 8.47. The van der Waals surface area contributed by atoms with Crippen LogP contribution >= 0.6 is 0 Å². The predicted molar refractivity (Wildman–Crippen MR) is 52.3 cm³/mol. The molecule has 0 aliphatic carbocycles. The first kappa shape index (κ1) is 8.79. The maximum Gasteiger partial charge on any atom is 0.223 e. The Kier molecular flexibility index (Phi) is 1.76. The van der Waals surface area contributed by atoms with Crippen molar-refractivity contribution in [2.24, 2.45) is 5.92 Å². The summed E-state index contributed by atoms with van der Waals surface area (Å²) in [4.78, 5) is 13.6. The van der Waals surface area contributed by atoms with Gasteiger partial charge in [-0.05, 0) is 26.7 Å². The van der Waals surface area contributed by atoms with E-state index in [2.05, 4.69) is 25.3 Å². The summed E-state index contributed by atoms with van der Waals surface area (Å²) in [7, 11) is 0. The number of fused-ring (bicyclic) bond motifs is 1. The van der Waals surface area contributed by atoms with Crippen molar-refractivity contribution < 1.29 is 4.79 Å². The van der Waals surface area contributed by atoms with E-state index in [0.29, 0.717) is 11.8 Å². The fourth-order valence-electron chi connectivity index (χ4n) is 3.00. The number of carbonyl (C=O) groups excluding carboxylic acids is 1. The SMILES string of the molecule is C=C(C)[C@@H]1CCN2C(=O)CC[C@]12C. The van der Waals surface area contributed by atoms with E-state index in [1.165, 1.54) is 5.57 Å². The summed E-state index contributed by atoms with van der Waals surface area (Å²) in [5.41, 5.74) is 1.34. The summed E-state index contributed by atoms with van der Waals surface area (Å²) in [6.45, 7) is 9.27. The van der Waals surface area contributed by atoms with Crippen LogP contribution in [0.3, 0.4) is 0 Å². The highest BCUT2D eigenvalue weighted by molar-refractivity contribution is 5.80. The van der Waals surface area contributed by atoms with Gasteiger partial charge in [0.1, 0.15) is 0 Å². The Bertz CT molecular complexity index is 271. The maximum atomic E-state index is 11.5. The van der Waals surface area contributed by atoms with Crippen molar-refractivity contribution >= 4 is 5.91 Å². The molecule has 0 aromatic carbocycles. The fraction of sp³-hybridized carbons (Fsp3) is 0.727. The van der Waals surface area contributed by atoms with Crippen LogP contribution in [-0.2, 0) is 4.79 Å². The standard InChI is InChI=1S/C11H17NO/c1-8(2)9-5-7-12-10(13)4-6-11(9,12)3/h9H,1,4-7H2,2-3H3/t9-,11+/m0/s1. The number of hydrogen-bond acceptors (Lipinski definition) is 1. The molecule has 2 saturated heterocycles. The highest BCUT2D eigenvalue weighted by Crippen LogP contribution is 2.45. The molecule has 13 heavy (non-hydrogen) atoms. The molecule has 0 N–H and O–H groups in total. The molecule has 2 aliphatic heterocycles. The van der Waals surface area contributed by atoms with Gasteiger partial charge in [-0.25, -0.2) is 0 Å². The summed E-state index contributed by atoms with van der Waals surface area (Å²) in [6.07, 6.45) is 2.86. The Labute approximate surface area is 79.6 Å². The summed E-state index contributed by atoms with van der Waals surface area (Å²) in [6, 6.07) is 0. The van der Waals surface area contributed by atoms with Gasteiger partial charge in [-0.15, -0.1) is 0 Å². The lowest BCUT2D eigenvalue weighted by molar-refractivity contribution is -0.129. The largest absolute Gasteiger partial charge is 0.337 e. The van der Waals surface area contributed by atoms with Crippen LogP contribution in [0.25, 0.3) is 0 Å². The molecule has 72 valence electrons. The third-order valence-corrected chi connectivity index (χ3v) is 3.75. The molecular formula is C11H17NO. The van der Waals surface area contributed by atoms with Gasteiger partial charge in [0.25, 0.3) is 0 Å². The van der Waals surface area contributed by atoms with Crippen LogP contribution in [0.1, 0.15) is 33.1 Å². The lowest BCUT2D eigenvalue weighted by atomic mass is 9.81. The quantitative estimate of drug-likeness (QED) is 0.563. The highest BCUT2D eigenvalue weighted by Gasteiger charge is 2.51. The van der Waals surface area contributed by atoms with E-state index in [-0.39, 0.29) is 5.54 Å². The van der Waals surface area contributed by atoms with Crippen molar-refractivity contribution in [1.29, 1.82) is 0 Å². The minimum Gasteiger partial charge on any atom is -0.337 e. The van der Waals surface area contributed by atoms with Crippen molar-refractivity contribution in [3.8, 4) is 0 Å². The highest BCUT2D eigenvalue weighted by atomic mass is 16.2. The second-order valence-corrected chi connectivity index (χ2v) is 4.59. The summed E-state index contributed by atoms with van der Waals surface area (Å²) < 4.78 is 0. The first-order chi connectivity index (χ1) is 6.05. The van der Waals surface area contributed by atoms with Crippen LogP contribution in [0.2, 0.25) is 0 Å². The van der Waals surface area contributed by atoms with E-state index < -0.39 is 0 Å². The number of nitrogens with zero attached hydrogens (tertiary/aromatic N) is 1. The van der Waals surface area contributed by atoms with Crippen molar-refractivity contribution in [3.63, 3.8) is 0 Å². The number of rotatable bonds is 1. The third-order valence-electron chi connectivity index (χ3n) is 3.75. The smallest absolute Gasteiger partial charge is 0.223 e. The Balaban J connectivity index is 2.30. The molecule has 0 aromatic heterocycles. The molecule has 2 atom stereocenters. The van der Waals surface area contributed by atoms with Gasteiger partial charge in [-0.2, -0.15) is 0 Å². The van der Waals surface area contributed by atoms with Crippen LogP contribution < -0.4 is 0 Å². The van der Waals surface area contributed by atoms with Crippen LogP contribution in [0.5, 0.6) is 0 Å². The van der Waals surface area contributed by atoms with Crippen molar-refractivity contribution in [1.82, 2.24) is 4.90 Å². The molecule has 2 heteroatoms. The fourth-order valence-corrected chi connectivity index (χ4v) is 3.00. The Morgan fingerprint density at radius 1 is 1.69 bits per heavy atom. The van der Waals surface area contributed by atoms with Gasteiger partial charge in [0.05, 0.1) is 0 Å². The normalized spacial score (nSPS) is 38.2. The minimum atomic E-state index is 0.100. The van der Waals surface area contributed by atoms with Crippen molar-refractivity contribution in [3.05, 3.63) is 12.2 Å². The molecule has 2 rings (SSSR count). The molecule has 2 nitrogen and oxygen atoms in total. The van der Waals surface area contributed by atoms with E-state index in [4.69, 9.17) is 0 Å². The molecule has 0 bridgehead atoms. The average Bonchev–Trinajstić information content (AvgIpc) is 2.50. The van der Waals surface area contributed by atoms with Gasteiger partial charge < -0.3 is 4.90 Å². The molecule has 0 saturated carbocycles. The van der Waals surface area contributed by atoms with Crippen LogP contribution in [0.15, 0.2) is 12.2 Å². The summed E-state index contributed by atoms with van der Waals surface area (Å²) >= 11 is 0. The van der Waals surface area contributed by atoms with Gasteiger partial charge in [0.15, 0.2) is 0 Å². The molecule has 2 fully saturated rings. The van der Waals surface area contributed by atoms with Gasteiger partial charge in [-0.3, -0.25) is 4.79 Å². The van der Waals surface area contributed by atoms with Crippen LogP contribution in [0.4, 0.5) is 0 Å². The summed E-state index contributed by atoms with van der Waals surface area (Å²) in [5, 5.41) is 0. The Hall–Kier alpha value is -0.790. The number of amides is 1. The van der Waals surface area contributed by atoms with Gasteiger partial charge in [0, 0.05) is 24.4 Å². The monoisotopic (exact) mass is 179 g/mol. The number of hydrogen-bond donors (Lipinski definition) is 0. The third kappa shape index (κ3) is 1.04. The first-order valence-electron chi connectivity index (χ1n) is 5.01. The first-order valence-corrected chi connectivity index (χ1v) is 5.01. The molecule has 2 heterocycles. The molecule has 0 spiro atoms. The molecular weight excluding hydrogens is 162 g/mol. The Morgan fingerprint density at radius 2 is 2.38 bits per heavy atom. The Morgan fingerprint density at radius 3 is 3.00 bits per heavy atom. The van der Waals surface area contributed by atoms with E-state index in [1.807, 2.05) is 0 Å². The van der Waals surface area contributed by atoms with Gasteiger partial charge >= 0.3 is 0 Å². The van der Waals surface area contributed by atoms with Crippen molar-refractivity contribution in [2.75, 3.05) is 6.54 Å². The van der Waals surface area contributed by atoms with E-state index in [9.17, 15) is 4.79 Å². The van der Waals surface area contributed by atoms with E-state index in [0.717, 1.165) is 25.8 Å². The molecule has 0 radical (unpaired) electrons. The lowest BCUT2D eigenvalue weighted by Gasteiger charge is -2.33. The topological polar surface area (TPSA) is 20.3 Å². The molecule has 2 aliphatic rings. The second kappa shape index (κ2) is 2.60. The van der Waals surface area contributed by atoms with Gasteiger partial charge in [0.2, 0.25) is 5.91 Å². The van der Waals surface area contributed by atoms with E-state index in [1.54, 1.807) is 0 Å². The maximum absolute atomic E-state index is 11.5.